The van der Waals surface area contributed by atoms with Gasteiger partial charge in [-0.2, -0.15) is 0 Å². The standard InChI is InChI=1S/C8H20N2.H3N/c1-3-5-8(10,7-9)6-4-2;/h3-7,9-10H2,1-2H3;1H3. The minimum absolute atomic E-state index is 0. The lowest BCUT2D eigenvalue weighted by Crippen LogP contribution is -2.46. The van der Waals surface area contributed by atoms with Crippen LogP contribution in [0.3, 0.4) is 0 Å². The van der Waals surface area contributed by atoms with E-state index in [4.69, 9.17) is 11.5 Å². The normalized spacial score (nSPS) is 10.9. The van der Waals surface area contributed by atoms with Gasteiger partial charge in [-0.25, -0.2) is 0 Å². The Hall–Kier alpha value is -0.120. The van der Waals surface area contributed by atoms with Crippen LogP contribution >= 0.6 is 0 Å². The molecule has 3 heteroatoms. The fourth-order valence-corrected chi connectivity index (χ4v) is 1.32. The summed E-state index contributed by atoms with van der Waals surface area (Å²) in [5, 5.41) is 0. The summed E-state index contributed by atoms with van der Waals surface area (Å²) >= 11 is 0. The van der Waals surface area contributed by atoms with Gasteiger partial charge in [0.1, 0.15) is 0 Å². The summed E-state index contributed by atoms with van der Waals surface area (Å²) in [6, 6.07) is 0. The summed E-state index contributed by atoms with van der Waals surface area (Å²) < 4.78 is 0. The molecule has 0 amide bonds. The number of rotatable bonds is 5. The van der Waals surface area contributed by atoms with Crippen molar-refractivity contribution in [2.24, 2.45) is 11.5 Å². The molecule has 0 spiro atoms. The van der Waals surface area contributed by atoms with Crippen molar-refractivity contribution in [3.8, 4) is 0 Å². The minimum atomic E-state index is -0.0799. The van der Waals surface area contributed by atoms with Crippen LogP contribution in [0, 0.1) is 0 Å². The van der Waals surface area contributed by atoms with E-state index >= 15 is 0 Å². The highest BCUT2D eigenvalue weighted by atomic mass is 14.8. The molecule has 0 rings (SSSR count). The van der Waals surface area contributed by atoms with Crippen LogP contribution in [0.5, 0.6) is 0 Å². The molecule has 70 valence electrons. The molecule has 0 unspecified atom stereocenters. The number of hydrogen-bond acceptors (Lipinski definition) is 3. The van der Waals surface area contributed by atoms with E-state index in [1.165, 1.54) is 0 Å². The van der Waals surface area contributed by atoms with Crippen molar-refractivity contribution in [3.63, 3.8) is 0 Å². The summed E-state index contributed by atoms with van der Waals surface area (Å²) in [5.74, 6) is 0. The zero-order chi connectivity index (χ0) is 8.04. The van der Waals surface area contributed by atoms with E-state index in [0.717, 1.165) is 25.7 Å². The van der Waals surface area contributed by atoms with Crippen LogP contribution in [0.4, 0.5) is 0 Å². The average molecular weight is 161 g/mol. The summed E-state index contributed by atoms with van der Waals surface area (Å²) in [4.78, 5) is 0. The van der Waals surface area contributed by atoms with Gasteiger partial charge in [0.15, 0.2) is 0 Å². The number of hydrogen-bond donors (Lipinski definition) is 3. The SMILES string of the molecule is CCCC(N)(CN)CCC.N. The maximum absolute atomic E-state index is 5.99. The van der Waals surface area contributed by atoms with Crippen molar-refractivity contribution >= 4 is 0 Å². The highest BCUT2D eigenvalue weighted by Crippen LogP contribution is 2.14. The summed E-state index contributed by atoms with van der Waals surface area (Å²) in [5.41, 5.74) is 11.5. The van der Waals surface area contributed by atoms with Crippen molar-refractivity contribution in [2.75, 3.05) is 6.54 Å². The van der Waals surface area contributed by atoms with Crippen molar-refractivity contribution in [1.82, 2.24) is 6.15 Å². The Morgan fingerprint density at radius 2 is 1.45 bits per heavy atom. The van der Waals surface area contributed by atoms with Gasteiger partial charge in [0.2, 0.25) is 0 Å². The second kappa shape index (κ2) is 6.58. The van der Waals surface area contributed by atoms with Crippen molar-refractivity contribution in [2.45, 2.75) is 45.1 Å². The first kappa shape index (κ1) is 13.5. The summed E-state index contributed by atoms with van der Waals surface area (Å²) in [6.07, 6.45) is 4.37. The van der Waals surface area contributed by atoms with Gasteiger partial charge < -0.3 is 17.6 Å². The molecule has 0 aromatic carbocycles. The second-order valence-electron chi connectivity index (χ2n) is 3.07. The molecule has 0 aliphatic carbocycles. The van der Waals surface area contributed by atoms with E-state index in [1.54, 1.807) is 0 Å². The van der Waals surface area contributed by atoms with Gasteiger partial charge in [0.25, 0.3) is 0 Å². The molecule has 11 heavy (non-hydrogen) atoms. The smallest absolute Gasteiger partial charge is 0.0278 e. The van der Waals surface area contributed by atoms with E-state index in [2.05, 4.69) is 13.8 Å². The molecular weight excluding hydrogens is 138 g/mol. The van der Waals surface area contributed by atoms with Crippen LogP contribution in [-0.4, -0.2) is 12.1 Å². The molecule has 0 fully saturated rings. The largest absolute Gasteiger partial charge is 0.344 e. The predicted octanol–water partition coefficient (Wildman–Crippen LogP) is 1.40. The quantitative estimate of drug-likeness (QED) is 0.569. The fourth-order valence-electron chi connectivity index (χ4n) is 1.32. The molecular formula is C8H23N3. The Labute approximate surface area is 70.1 Å². The Morgan fingerprint density at radius 1 is 1.09 bits per heavy atom. The Kier molecular flexibility index (Phi) is 8.06. The Morgan fingerprint density at radius 3 is 1.64 bits per heavy atom. The third-order valence-corrected chi connectivity index (χ3v) is 1.90. The first-order chi connectivity index (χ1) is 4.68. The summed E-state index contributed by atoms with van der Waals surface area (Å²) in [7, 11) is 0. The van der Waals surface area contributed by atoms with Gasteiger partial charge in [0.05, 0.1) is 0 Å². The Balaban J connectivity index is 0. The lowest BCUT2D eigenvalue weighted by Gasteiger charge is -2.26. The highest BCUT2D eigenvalue weighted by Gasteiger charge is 2.19. The lowest BCUT2D eigenvalue weighted by atomic mass is 9.90. The van der Waals surface area contributed by atoms with Crippen LogP contribution in [0.2, 0.25) is 0 Å². The van der Waals surface area contributed by atoms with E-state index in [1.807, 2.05) is 0 Å². The molecule has 0 aromatic rings. The molecule has 0 heterocycles. The van der Waals surface area contributed by atoms with E-state index in [9.17, 15) is 0 Å². The van der Waals surface area contributed by atoms with E-state index in [-0.39, 0.29) is 11.7 Å². The molecule has 0 aromatic heterocycles. The molecule has 0 atom stereocenters. The topological polar surface area (TPSA) is 87.0 Å². The monoisotopic (exact) mass is 161 g/mol. The Bertz CT molecular complexity index is 77.4. The molecule has 0 saturated heterocycles. The predicted molar refractivity (Wildman–Crippen MR) is 50.8 cm³/mol. The van der Waals surface area contributed by atoms with Crippen molar-refractivity contribution in [3.05, 3.63) is 0 Å². The zero-order valence-corrected chi connectivity index (χ0v) is 7.90. The summed E-state index contributed by atoms with van der Waals surface area (Å²) in [6.45, 7) is 4.91. The van der Waals surface area contributed by atoms with Gasteiger partial charge in [-0.1, -0.05) is 26.7 Å². The van der Waals surface area contributed by atoms with Gasteiger partial charge in [-0.05, 0) is 12.8 Å². The minimum Gasteiger partial charge on any atom is -0.344 e. The number of nitrogens with two attached hydrogens (primary N) is 2. The maximum atomic E-state index is 5.99. The van der Waals surface area contributed by atoms with Gasteiger partial charge in [-0.3, -0.25) is 0 Å². The molecule has 0 aliphatic heterocycles. The highest BCUT2D eigenvalue weighted by molar-refractivity contribution is 4.83. The molecule has 0 radical (unpaired) electrons. The van der Waals surface area contributed by atoms with Gasteiger partial charge >= 0.3 is 0 Å². The third-order valence-electron chi connectivity index (χ3n) is 1.90. The van der Waals surface area contributed by atoms with Crippen molar-refractivity contribution < 1.29 is 0 Å². The first-order valence-corrected chi connectivity index (χ1v) is 4.17. The zero-order valence-electron chi connectivity index (χ0n) is 7.90. The fraction of sp³-hybridized carbons (Fsp3) is 1.00. The third kappa shape index (κ3) is 5.18. The second-order valence-corrected chi connectivity index (χ2v) is 3.07. The molecule has 7 N–H and O–H groups in total. The van der Waals surface area contributed by atoms with Crippen molar-refractivity contribution in [1.29, 1.82) is 0 Å². The lowest BCUT2D eigenvalue weighted by molar-refractivity contribution is 0.367. The van der Waals surface area contributed by atoms with Crippen LogP contribution in [0.1, 0.15) is 39.5 Å². The molecule has 0 saturated carbocycles. The maximum Gasteiger partial charge on any atom is 0.0278 e. The molecule has 3 nitrogen and oxygen atoms in total. The van der Waals surface area contributed by atoms with Crippen LogP contribution < -0.4 is 17.6 Å². The van der Waals surface area contributed by atoms with Crippen LogP contribution in [-0.2, 0) is 0 Å². The van der Waals surface area contributed by atoms with Crippen LogP contribution in [0.15, 0.2) is 0 Å². The van der Waals surface area contributed by atoms with Gasteiger partial charge in [-0.15, -0.1) is 0 Å². The van der Waals surface area contributed by atoms with Crippen LogP contribution in [0.25, 0.3) is 0 Å². The van der Waals surface area contributed by atoms with E-state index in [0.29, 0.717) is 6.54 Å². The first-order valence-electron chi connectivity index (χ1n) is 4.17. The average Bonchev–Trinajstić information content (AvgIpc) is 1.89. The molecule has 0 aliphatic rings. The van der Waals surface area contributed by atoms with E-state index < -0.39 is 0 Å². The molecule has 0 bridgehead atoms. The van der Waals surface area contributed by atoms with Gasteiger partial charge in [0, 0.05) is 12.1 Å².